The van der Waals surface area contributed by atoms with E-state index in [2.05, 4.69) is 0 Å². The molecule has 0 spiro atoms. The first-order chi connectivity index (χ1) is 14.4. The van der Waals surface area contributed by atoms with E-state index in [1.165, 1.54) is 25.3 Å². The van der Waals surface area contributed by atoms with Gasteiger partial charge in [0, 0.05) is 22.1 Å². The van der Waals surface area contributed by atoms with Crippen molar-refractivity contribution in [3.8, 4) is 23.0 Å². The number of methoxy groups -OCH3 is 1. The smallest absolute Gasteiger partial charge is 0.312 e. The highest BCUT2D eigenvalue weighted by Gasteiger charge is 2.33. The molecule has 0 bridgehead atoms. The monoisotopic (exact) mass is 424 g/mol. The van der Waals surface area contributed by atoms with Crippen LogP contribution in [0.1, 0.15) is 39.4 Å². The topological polar surface area (TPSA) is 93.1 Å². The Bertz CT molecular complexity index is 1150. The molecule has 0 radical (unpaired) electrons. The van der Waals surface area contributed by atoms with Crippen molar-refractivity contribution in [3.63, 3.8) is 0 Å². The van der Waals surface area contributed by atoms with Crippen LogP contribution in [0.4, 0.5) is 0 Å². The molecule has 1 aliphatic heterocycles. The minimum Gasteiger partial charge on any atom is -0.507 e. The van der Waals surface area contributed by atoms with Gasteiger partial charge in [-0.05, 0) is 54.1 Å². The van der Waals surface area contributed by atoms with E-state index in [9.17, 15) is 19.8 Å². The molecule has 1 heterocycles. The number of phenolic OH excluding ortho intramolecular Hbond substituents is 2. The van der Waals surface area contributed by atoms with Crippen LogP contribution < -0.4 is 9.47 Å². The number of carbonyl (C=O) groups excluding carboxylic acids is 2. The molecule has 3 aromatic carbocycles. The Morgan fingerprint density at radius 2 is 1.83 bits per heavy atom. The van der Waals surface area contributed by atoms with Crippen molar-refractivity contribution in [2.45, 2.75) is 12.3 Å². The van der Waals surface area contributed by atoms with Crippen molar-refractivity contribution < 1.29 is 29.3 Å². The fraction of sp³-hybridized carbons (Fsp3) is 0.130. The van der Waals surface area contributed by atoms with Gasteiger partial charge in [-0.1, -0.05) is 17.7 Å². The van der Waals surface area contributed by atoms with Crippen LogP contribution in [0.2, 0.25) is 5.02 Å². The number of halogens is 1. The van der Waals surface area contributed by atoms with Gasteiger partial charge in [-0.25, -0.2) is 0 Å². The zero-order valence-corrected chi connectivity index (χ0v) is 16.6. The molecule has 4 rings (SSSR count). The van der Waals surface area contributed by atoms with Crippen LogP contribution in [0.25, 0.3) is 0 Å². The first-order valence-electron chi connectivity index (χ1n) is 9.12. The Hall–Kier alpha value is -3.51. The van der Waals surface area contributed by atoms with Crippen molar-refractivity contribution in [3.05, 3.63) is 81.9 Å². The largest absolute Gasteiger partial charge is 0.507 e. The Labute approximate surface area is 177 Å². The number of hydrogen-bond acceptors (Lipinski definition) is 6. The highest BCUT2D eigenvalue weighted by molar-refractivity contribution is 6.30. The van der Waals surface area contributed by atoms with Crippen molar-refractivity contribution in [2.24, 2.45) is 0 Å². The second-order valence-electron chi connectivity index (χ2n) is 6.87. The fourth-order valence-electron chi connectivity index (χ4n) is 3.60. The average molecular weight is 425 g/mol. The minimum atomic E-state index is -0.601. The van der Waals surface area contributed by atoms with Crippen LogP contribution in [0.3, 0.4) is 0 Å². The van der Waals surface area contributed by atoms with Crippen LogP contribution in [-0.4, -0.2) is 29.1 Å². The van der Waals surface area contributed by atoms with E-state index in [1.54, 1.807) is 36.4 Å². The number of ether oxygens (including phenoxy) is 2. The molecule has 0 saturated carbocycles. The van der Waals surface area contributed by atoms with Crippen LogP contribution >= 0.6 is 11.6 Å². The predicted molar refractivity (Wildman–Crippen MR) is 110 cm³/mol. The molecular formula is C23H17ClO6. The summed E-state index contributed by atoms with van der Waals surface area (Å²) in [5, 5.41) is 21.6. The SMILES string of the molecule is COc1ccc([C@H]2CC(=O)Oc3ccc(C(=O)c4ccc(Cl)cc4)c(O)c32)cc1O. The molecule has 1 aliphatic rings. The van der Waals surface area contributed by atoms with E-state index >= 15 is 0 Å². The van der Waals surface area contributed by atoms with Crippen molar-refractivity contribution in [2.75, 3.05) is 7.11 Å². The number of fused-ring (bicyclic) bond motifs is 1. The fourth-order valence-corrected chi connectivity index (χ4v) is 3.72. The number of benzene rings is 3. The molecule has 0 aliphatic carbocycles. The number of phenols is 2. The lowest BCUT2D eigenvalue weighted by atomic mass is 9.84. The zero-order valence-electron chi connectivity index (χ0n) is 15.9. The zero-order chi connectivity index (χ0) is 21.4. The van der Waals surface area contributed by atoms with Gasteiger partial charge in [0.25, 0.3) is 0 Å². The van der Waals surface area contributed by atoms with Gasteiger partial charge < -0.3 is 19.7 Å². The van der Waals surface area contributed by atoms with Crippen molar-refractivity contribution in [1.82, 2.24) is 0 Å². The molecule has 30 heavy (non-hydrogen) atoms. The van der Waals surface area contributed by atoms with Gasteiger partial charge in [0.1, 0.15) is 11.5 Å². The molecule has 7 heteroatoms. The molecular weight excluding hydrogens is 408 g/mol. The second-order valence-corrected chi connectivity index (χ2v) is 7.31. The highest BCUT2D eigenvalue weighted by Crippen LogP contribution is 2.46. The van der Waals surface area contributed by atoms with Gasteiger partial charge in [0.2, 0.25) is 0 Å². The maximum Gasteiger partial charge on any atom is 0.312 e. The summed E-state index contributed by atoms with van der Waals surface area (Å²) >= 11 is 5.88. The van der Waals surface area contributed by atoms with Gasteiger partial charge in [-0.2, -0.15) is 0 Å². The maximum atomic E-state index is 12.9. The van der Waals surface area contributed by atoms with Crippen LogP contribution in [0, 0.1) is 0 Å². The summed E-state index contributed by atoms with van der Waals surface area (Å²) in [6.07, 6.45) is -0.0507. The van der Waals surface area contributed by atoms with E-state index in [-0.39, 0.29) is 40.8 Å². The van der Waals surface area contributed by atoms with Crippen LogP contribution in [0.15, 0.2) is 54.6 Å². The molecule has 0 amide bonds. The molecule has 0 fully saturated rings. The Morgan fingerprint density at radius 1 is 1.10 bits per heavy atom. The highest BCUT2D eigenvalue weighted by atomic mass is 35.5. The average Bonchev–Trinajstić information content (AvgIpc) is 2.73. The standard InChI is InChI=1S/C23H17ClO6/c1-29-18-8-4-13(10-17(18)25)16-11-20(26)30-19-9-7-15(23(28)21(16)19)22(27)12-2-5-14(24)6-3-12/h2-10,16,25,28H,11H2,1H3/t16-/m1/s1. The molecule has 0 aromatic heterocycles. The number of esters is 1. The summed E-state index contributed by atoms with van der Waals surface area (Å²) < 4.78 is 10.3. The minimum absolute atomic E-state index is 0.0507. The van der Waals surface area contributed by atoms with E-state index < -0.39 is 11.9 Å². The number of ketones is 1. The summed E-state index contributed by atoms with van der Waals surface area (Å²) in [7, 11) is 1.43. The summed E-state index contributed by atoms with van der Waals surface area (Å²) in [5.41, 5.74) is 1.34. The molecule has 3 aromatic rings. The molecule has 1 atom stereocenters. The van der Waals surface area contributed by atoms with E-state index in [0.717, 1.165) is 0 Å². The number of rotatable bonds is 4. The van der Waals surface area contributed by atoms with Crippen LogP contribution in [0.5, 0.6) is 23.0 Å². The summed E-state index contributed by atoms with van der Waals surface area (Å²) in [5.74, 6) is -1.36. The third kappa shape index (κ3) is 3.46. The normalized spacial score (nSPS) is 15.3. The van der Waals surface area contributed by atoms with Gasteiger partial charge in [0.05, 0.1) is 19.1 Å². The maximum absolute atomic E-state index is 12.9. The molecule has 0 unspecified atom stereocenters. The van der Waals surface area contributed by atoms with Crippen molar-refractivity contribution in [1.29, 1.82) is 0 Å². The summed E-state index contributed by atoms with van der Waals surface area (Å²) in [4.78, 5) is 25.1. The van der Waals surface area contributed by atoms with Crippen LogP contribution in [-0.2, 0) is 4.79 Å². The Kier molecular flexibility index (Phi) is 5.10. The Morgan fingerprint density at radius 3 is 2.50 bits per heavy atom. The van der Waals surface area contributed by atoms with E-state index in [0.29, 0.717) is 21.7 Å². The van der Waals surface area contributed by atoms with Gasteiger partial charge in [-0.3, -0.25) is 9.59 Å². The first kappa shape index (κ1) is 19.8. The van der Waals surface area contributed by atoms with Crippen molar-refractivity contribution >= 4 is 23.4 Å². The van der Waals surface area contributed by atoms with E-state index in [4.69, 9.17) is 21.1 Å². The second kappa shape index (κ2) is 7.72. The van der Waals surface area contributed by atoms with Gasteiger partial charge >= 0.3 is 5.97 Å². The lowest BCUT2D eigenvalue weighted by Gasteiger charge is -2.26. The molecule has 152 valence electrons. The lowest BCUT2D eigenvalue weighted by Crippen LogP contribution is -2.22. The number of aromatic hydroxyl groups is 2. The molecule has 0 saturated heterocycles. The number of hydrogen-bond donors (Lipinski definition) is 2. The quantitative estimate of drug-likeness (QED) is 0.365. The third-order valence-corrected chi connectivity index (χ3v) is 5.33. The lowest BCUT2D eigenvalue weighted by molar-refractivity contribution is -0.135. The van der Waals surface area contributed by atoms with Gasteiger partial charge in [0.15, 0.2) is 17.3 Å². The third-order valence-electron chi connectivity index (χ3n) is 5.08. The summed E-state index contributed by atoms with van der Waals surface area (Å²) in [6, 6.07) is 14.0. The Balaban J connectivity index is 1.82. The first-order valence-corrected chi connectivity index (χ1v) is 9.50. The molecule has 6 nitrogen and oxygen atoms in total. The molecule has 2 N–H and O–H groups in total. The van der Waals surface area contributed by atoms with E-state index in [1.807, 2.05) is 0 Å². The summed E-state index contributed by atoms with van der Waals surface area (Å²) in [6.45, 7) is 0. The number of carbonyl (C=O) groups is 2. The predicted octanol–water partition coefficient (Wildman–Crippen LogP) is 4.43. The van der Waals surface area contributed by atoms with Gasteiger partial charge in [-0.15, -0.1) is 0 Å².